The Bertz CT molecular complexity index is 805. The van der Waals surface area contributed by atoms with Crippen LogP contribution in [-0.4, -0.2) is 70.0 Å². The maximum atomic E-state index is 11.9. The van der Waals surface area contributed by atoms with Crippen molar-refractivity contribution in [3.05, 3.63) is 60.2 Å². The van der Waals surface area contributed by atoms with E-state index in [1.165, 1.54) is 9.80 Å². The van der Waals surface area contributed by atoms with Crippen molar-refractivity contribution in [3.8, 4) is 5.75 Å². The van der Waals surface area contributed by atoms with Crippen LogP contribution in [0, 0.1) is 0 Å². The summed E-state index contributed by atoms with van der Waals surface area (Å²) in [5.74, 6) is 2.28. The summed E-state index contributed by atoms with van der Waals surface area (Å²) in [5, 5.41) is 6.51. The van der Waals surface area contributed by atoms with Crippen LogP contribution in [0.2, 0.25) is 0 Å². The lowest BCUT2D eigenvalue weighted by molar-refractivity contribution is -0.127. The van der Waals surface area contributed by atoms with Crippen molar-refractivity contribution in [1.29, 1.82) is 0 Å². The van der Waals surface area contributed by atoms with Gasteiger partial charge >= 0.3 is 0 Å². The lowest BCUT2D eigenvalue weighted by Crippen LogP contribution is -2.41. The smallest absolute Gasteiger partial charge is 0.243 e. The molecule has 0 heterocycles. The van der Waals surface area contributed by atoms with Crippen LogP contribution in [0.25, 0.3) is 0 Å². The SMILES string of the molecule is COc1ccc(COCCNC(=NCC(=O)N(C)C)NCCSc2ccccc2)cc1.I. The Labute approximate surface area is 212 Å². The van der Waals surface area contributed by atoms with Crippen molar-refractivity contribution in [2.45, 2.75) is 11.5 Å². The second-order valence-corrected chi connectivity index (χ2v) is 8.04. The van der Waals surface area contributed by atoms with E-state index in [0.29, 0.717) is 25.7 Å². The van der Waals surface area contributed by atoms with Gasteiger partial charge in [0.1, 0.15) is 12.3 Å². The van der Waals surface area contributed by atoms with Crippen LogP contribution in [-0.2, 0) is 16.1 Å². The van der Waals surface area contributed by atoms with E-state index in [1.807, 2.05) is 42.5 Å². The molecule has 2 aromatic rings. The van der Waals surface area contributed by atoms with Crippen LogP contribution in [0.15, 0.2) is 64.5 Å². The van der Waals surface area contributed by atoms with Crippen molar-refractivity contribution in [1.82, 2.24) is 15.5 Å². The average molecular weight is 573 g/mol. The first kappa shape index (κ1) is 28.1. The molecule has 0 aliphatic rings. The zero-order valence-electron chi connectivity index (χ0n) is 18.9. The monoisotopic (exact) mass is 572 g/mol. The summed E-state index contributed by atoms with van der Waals surface area (Å²) < 4.78 is 10.9. The third kappa shape index (κ3) is 11.6. The number of hydrogen-bond acceptors (Lipinski definition) is 5. The number of amides is 1. The van der Waals surface area contributed by atoms with Gasteiger partial charge in [0, 0.05) is 37.8 Å². The molecule has 2 rings (SSSR count). The Kier molecular flexibility index (Phi) is 14.6. The number of methoxy groups -OCH3 is 1. The summed E-state index contributed by atoms with van der Waals surface area (Å²) in [6.45, 7) is 2.46. The highest BCUT2D eigenvalue weighted by molar-refractivity contribution is 14.0. The maximum absolute atomic E-state index is 11.9. The first-order valence-electron chi connectivity index (χ1n) is 10.2. The van der Waals surface area contributed by atoms with Crippen molar-refractivity contribution in [3.63, 3.8) is 0 Å². The van der Waals surface area contributed by atoms with Gasteiger partial charge in [-0.3, -0.25) is 4.79 Å². The topological polar surface area (TPSA) is 75.2 Å². The van der Waals surface area contributed by atoms with Gasteiger partial charge in [0.15, 0.2) is 5.96 Å². The molecule has 7 nitrogen and oxygen atoms in total. The van der Waals surface area contributed by atoms with Crippen molar-refractivity contribution in [2.24, 2.45) is 4.99 Å². The molecule has 2 N–H and O–H groups in total. The summed E-state index contributed by atoms with van der Waals surface area (Å²) in [6.07, 6.45) is 0. The normalized spacial score (nSPS) is 10.8. The van der Waals surface area contributed by atoms with Gasteiger partial charge in [0.25, 0.3) is 0 Å². The van der Waals surface area contributed by atoms with Gasteiger partial charge in [-0.15, -0.1) is 35.7 Å². The van der Waals surface area contributed by atoms with Gasteiger partial charge in [0.05, 0.1) is 20.3 Å². The molecule has 0 fully saturated rings. The number of halogens is 1. The number of nitrogens with zero attached hydrogens (tertiary/aromatic N) is 2. The van der Waals surface area contributed by atoms with E-state index < -0.39 is 0 Å². The van der Waals surface area contributed by atoms with Crippen molar-refractivity contribution >= 4 is 47.6 Å². The molecule has 0 aromatic heterocycles. The number of carbonyl (C=O) groups excluding carboxylic acids is 1. The highest BCUT2D eigenvalue weighted by Crippen LogP contribution is 2.15. The molecule has 0 atom stereocenters. The predicted octanol–water partition coefficient (Wildman–Crippen LogP) is 3.25. The van der Waals surface area contributed by atoms with Crippen LogP contribution in [0.4, 0.5) is 0 Å². The van der Waals surface area contributed by atoms with E-state index in [0.717, 1.165) is 23.6 Å². The summed E-state index contributed by atoms with van der Waals surface area (Å²) >= 11 is 1.77. The fraction of sp³-hybridized carbons (Fsp3) is 0.391. The highest BCUT2D eigenvalue weighted by atomic mass is 127. The number of benzene rings is 2. The Morgan fingerprint density at radius 2 is 1.72 bits per heavy atom. The standard InChI is InChI=1S/C23H32N4O3S.HI/c1-27(2)22(28)17-26-23(25-14-16-31-21-7-5-4-6-8-21)24-13-15-30-18-19-9-11-20(29-3)12-10-19;/h4-12H,13-18H2,1-3H3,(H2,24,25,26);1H. The Balaban J connectivity index is 0.00000512. The molecule has 176 valence electrons. The molecular formula is C23H33IN4O3S. The number of hydrogen-bond donors (Lipinski definition) is 2. The van der Waals surface area contributed by atoms with E-state index in [-0.39, 0.29) is 36.4 Å². The third-order valence-electron chi connectivity index (χ3n) is 4.24. The van der Waals surface area contributed by atoms with Gasteiger partial charge in [-0.25, -0.2) is 4.99 Å². The first-order chi connectivity index (χ1) is 15.1. The van der Waals surface area contributed by atoms with Crippen LogP contribution in [0.3, 0.4) is 0 Å². The molecule has 0 unspecified atom stereocenters. The molecule has 1 amide bonds. The van der Waals surface area contributed by atoms with Gasteiger partial charge in [-0.1, -0.05) is 30.3 Å². The van der Waals surface area contributed by atoms with E-state index in [2.05, 4.69) is 27.8 Å². The van der Waals surface area contributed by atoms with E-state index in [1.54, 1.807) is 33.0 Å². The van der Waals surface area contributed by atoms with E-state index in [9.17, 15) is 4.79 Å². The second-order valence-electron chi connectivity index (χ2n) is 6.87. The van der Waals surface area contributed by atoms with Crippen molar-refractivity contribution in [2.75, 3.05) is 53.2 Å². The zero-order chi connectivity index (χ0) is 22.3. The number of nitrogens with one attached hydrogen (secondary N) is 2. The molecule has 0 saturated carbocycles. The van der Waals surface area contributed by atoms with Gasteiger partial charge in [-0.2, -0.15) is 0 Å². The van der Waals surface area contributed by atoms with Crippen LogP contribution in [0.5, 0.6) is 5.75 Å². The van der Waals surface area contributed by atoms with Gasteiger partial charge in [-0.05, 0) is 29.8 Å². The van der Waals surface area contributed by atoms with Crippen LogP contribution < -0.4 is 15.4 Å². The molecule has 9 heteroatoms. The second kappa shape index (κ2) is 16.6. The van der Waals surface area contributed by atoms with Crippen molar-refractivity contribution < 1.29 is 14.3 Å². The molecule has 0 spiro atoms. The Morgan fingerprint density at radius 3 is 2.38 bits per heavy atom. The molecule has 0 bridgehead atoms. The minimum Gasteiger partial charge on any atom is -0.497 e. The summed E-state index contributed by atoms with van der Waals surface area (Å²) in [4.78, 5) is 19.0. The highest BCUT2D eigenvalue weighted by Gasteiger charge is 2.05. The van der Waals surface area contributed by atoms with Crippen LogP contribution in [0.1, 0.15) is 5.56 Å². The molecule has 32 heavy (non-hydrogen) atoms. The summed E-state index contributed by atoms with van der Waals surface area (Å²) in [7, 11) is 5.10. The number of carbonyl (C=O) groups is 1. The third-order valence-corrected chi connectivity index (χ3v) is 5.26. The molecule has 0 saturated heterocycles. The fourth-order valence-electron chi connectivity index (χ4n) is 2.47. The minimum absolute atomic E-state index is 0. The van der Waals surface area contributed by atoms with Gasteiger partial charge in [0.2, 0.25) is 5.91 Å². The molecule has 0 aliphatic heterocycles. The van der Waals surface area contributed by atoms with E-state index in [4.69, 9.17) is 9.47 Å². The quantitative estimate of drug-likeness (QED) is 0.134. The number of ether oxygens (including phenoxy) is 2. The molecular weight excluding hydrogens is 539 g/mol. The van der Waals surface area contributed by atoms with E-state index >= 15 is 0 Å². The molecule has 0 aliphatic carbocycles. The molecule has 0 radical (unpaired) electrons. The molecule has 2 aromatic carbocycles. The number of rotatable bonds is 12. The first-order valence-corrected chi connectivity index (χ1v) is 11.2. The summed E-state index contributed by atoms with van der Waals surface area (Å²) in [5.41, 5.74) is 1.09. The Hall–Kier alpha value is -1.98. The average Bonchev–Trinajstić information content (AvgIpc) is 2.80. The minimum atomic E-state index is -0.0458. The zero-order valence-corrected chi connectivity index (χ0v) is 22.0. The lowest BCUT2D eigenvalue weighted by atomic mass is 10.2. The number of thioether (sulfide) groups is 1. The maximum Gasteiger partial charge on any atom is 0.243 e. The fourth-order valence-corrected chi connectivity index (χ4v) is 3.26. The van der Waals surface area contributed by atoms with Gasteiger partial charge < -0.3 is 25.0 Å². The summed E-state index contributed by atoms with van der Waals surface area (Å²) in [6, 6.07) is 18.1. The lowest BCUT2D eigenvalue weighted by Gasteiger charge is -2.14. The predicted molar refractivity (Wildman–Crippen MR) is 142 cm³/mol. The number of aliphatic imine (C=N–C) groups is 1. The Morgan fingerprint density at radius 1 is 1.03 bits per heavy atom. The largest absolute Gasteiger partial charge is 0.497 e. The number of guanidine groups is 1. The number of likely N-dealkylation sites (N-methyl/N-ethyl adjacent to an activating group) is 1. The van der Waals surface area contributed by atoms with Crippen LogP contribution >= 0.6 is 35.7 Å².